The van der Waals surface area contributed by atoms with Gasteiger partial charge < -0.3 is 5.11 Å². The average molecular weight is 323 g/mol. The molecule has 4 nitrogen and oxygen atoms in total. The number of sulfonamides is 1. The molecule has 0 bridgehead atoms. The number of rotatable bonds is 3. The molecule has 1 aromatic carbocycles. The van der Waals surface area contributed by atoms with Gasteiger partial charge >= 0.3 is 6.18 Å². The first-order valence-electron chi connectivity index (χ1n) is 6.44. The third-order valence-electron chi connectivity index (χ3n) is 3.79. The van der Waals surface area contributed by atoms with Crippen LogP contribution in [0, 0.1) is 11.8 Å². The van der Waals surface area contributed by atoms with Crippen LogP contribution in [0.15, 0.2) is 29.2 Å². The van der Waals surface area contributed by atoms with Gasteiger partial charge in [-0.1, -0.05) is 6.92 Å². The van der Waals surface area contributed by atoms with Gasteiger partial charge in [0.05, 0.1) is 10.5 Å². The summed E-state index contributed by atoms with van der Waals surface area (Å²) in [5.74, 6) is -0.131. The summed E-state index contributed by atoms with van der Waals surface area (Å²) < 4.78 is 63.4. The number of hydrogen-bond donors (Lipinski definition) is 1. The molecule has 0 saturated carbocycles. The number of benzene rings is 1. The molecule has 8 heteroatoms. The van der Waals surface area contributed by atoms with Gasteiger partial charge in [-0.25, -0.2) is 8.42 Å². The summed E-state index contributed by atoms with van der Waals surface area (Å²) in [5.41, 5.74) is -0.885. The molecule has 2 rings (SSSR count). The van der Waals surface area contributed by atoms with Crippen LogP contribution in [0.4, 0.5) is 13.2 Å². The van der Waals surface area contributed by atoms with Crippen LogP contribution in [0.5, 0.6) is 0 Å². The number of nitrogens with zero attached hydrogens (tertiary/aromatic N) is 1. The maximum Gasteiger partial charge on any atom is 0.416 e. The predicted molar refractivity (Wildman–Crippen MR) is 69.9 cm³/mol. The molecule has 1 aromatic rings. The van der Waals surface area contributed by atoms with E-state index in [2.05, 4.69) is 0 Å². The normalized spacial score (nSPS) is 24.4. The molecule has 1 aliphatic heterocycles. The Morgan fingerprint density at radius 3 is 2.24 bits per heavy atom. The number of hydrogen-bond acceptors (Lipinski definition) is 3. The van der Waals surface area contributed by atoms with Crippen LogP contribution in [0.1, 0.15) is 12.5 Å². The lowest BCUT2D eigenvalue weighted by Crippen LogP contribution is -2.29. The fraction of sp³-hybridized carbons (Fsp3) is 0.538. The largest absolute Gasteiger partial charge is 0.416 e. The van der Waals surface area contributed by atoms with Gasteiger partial charge in [-0.15, -0.1) is 0 Å². The number of aliphatic hydroxyl groups excluding tert-OH is 1. The van der Waals surface area contributed by atoms with Gasteiger partial charge in [0.2, 0.25) is 10.0 Å². The zero-order valence-corrected chi connectivity index (χ0v) is 12.2. The van der Waals surface area contributed by atoms with Gasteiger partial charge in [0.1, 0.15) is 0 Å². The van der Waals surface area contributed by atoms with Crippen molar-refractivity contribution >= 4 is 10.0 Å². The van der Waals surface area contributed by atoms with Gasteiger partial charge in [-0.3, -0.25) is 0 Å². The quantitative estimate of drug-likeness (QED) is 0.925. The molecular weight excluding hydrogens is 307 g/mol. The number of alkyl halides is 3. The SMILES string of the molecule is C[C@@H]1CN(S(=O)(=O)c2ccc(C(F)(F)F)cc2)C[C@H]1CO. The van der Waals surface area contributed by atoms with E-state index < -0.39 is 21.8 Å². The first kappa shape index (κ1) is 16.3. The zero-order chi connectivity index (χ0) is 15.8. The van der Waals surface area contributed by atoms with Gasteiger partial charge in [0.15, 0.2) is 0 Å². The molecule has 0 unspecified atom stereocenters. The fourth-order valence-corrected chi connectivity index (χ4v) is 3.98. The van der Waals surface area contributed by atoms with Crippen molar-refractivity contribution in [3.8, 4) is 0 Å². The molecule has 0 spiro atoms. The Balaban J connectivity index is 2.25. The van der Waals surface area contributed by atoms with Crippen molar-refractivity contribution in [1.29, 1.82) is 0 Å². The number of aliphatic hydroxyl groups is 1. The fourth-order valence-electron chi connectivity index (χ4n) is 2.39. The minimum Gasteiger partial charge on any atom is -0.396 e. The Hall–Kier alpha value is -1.12. The van der Waals surface area contributed by atoms with Crippen LogP contribution in [-0.4, -0.2) is 37.5 Å². The summed E-state index contributed by atoms with van der Waals surface area (Å²) >= 11 is 0. The van der Waals surface area contributed by atoms with E-state index in [0.29, 0.717) is 0 Å². The molecule has 1 aliphatic rings. The van der Waals surface area contributed by atoms with Crippen LogP contribution in [0.3, 0.4) is 0 Å². The van der Waals surface area contributed by atoms with Gasteiger partial charge in [0.25, 0.3) is 0 Å². The highest BCUT2D eigenvalue weighted by Crippen LogP contribution is 2.32. The molecule has 0 aliphatic carbocycles. The third-order valence-corrected chi connectivity index (χ3v) is 5.63. The van der Waals surface area contributed by atoms with Gasteiger partial charge in [-0.2, -0.15) is 17.5 Å². The summed E-state index contributed by atoms with van der Waals surface area (Å²) in [6.07, 6.45) is -4.49. The second-order valence-corrected chi connectivity index (χ2v) is 7.20. The summed E-state index contributed by atoms with van der Waals surface area (Å²) in [7, 11) is -3.82. The molecule has 1 fully saturated rings. The van der Waals surface area contributed by atoms with Gasteiger partial charge in [0, 0.05) is 19.7 Å². The Morgan fingerprint density at radius 1 is 1.24 bits per heavy atom. The highest BCUT2D eigenvalue weighted by atomic mass is 32.2. The Bertz CT molecular complexity index is 598. The third kappa shape index (κ3) is 3.22. The topological polar surface area (TPSA) is 57.6 Å². The van der Waals surface area contributed by atoms with Crippen molar-refractivity contribution in [1.82, 2.24) is 4.31 Å². The molecule has 118 valence electrons. The van der Waals surface area contributed by atoms with Crippen LogP contribution < -0.4 is 0 Å². The highest BCUT2D eigenvalue weighted by molar-refractivity contribution is 7.89. The van der Waals surface area contributed by atoms with E-state index in [-0.39, 0.29) is 36.4 Å². The Morgan fingerprint density at radius 2 is 1.81 bits per heavy atom. The van der Waals surface area contributed by atoms with Crippen molar-refractivity contribution in [2.24, 2.45) is 11.8 Å². The number of halogens is 3. The molecule has 0 amide bonds. The minimum atomic E-state index is -4.49. The molecule has 1 heterocycles. The lowest BCUT2D eigenvalue weighted by Gasteiger charge is -2.16. The first-order chi connectivity index (χ1) is 9.66. The van der Waals surface area contributed by atoms with Crippen molar-refractivity contribution in [3.63, 3.8) is 0 Å². The maximum atomic E-state index is 12.5. The molecule has 0 radical (unpaired) electrons. The molecule has 0 aromatic heterocycles. The van der Waals surface area contributed by atoms with E-state index in [4.69, 9.17) is 5.11 Å². The van der Waals surface area contributed by atoms with Crippen LogP contribution in [0.2, 0.25) is 0 Å². The molecular formula is C13H16F3NO3S. The summed E-state index contributed by atoms with van der Waals surface area (Å²) in [6.45, 7) is 2.17. The summed E-state index contributed by atoms with van der Waals surface area (Å²) in [6, 6.07) is 3.45. The van der Waals surface area contributed by atoms with E-state index >= 15 is 0 Å². The first-order valence-corrected chi connectivity index (χ1v) is 7.88. The Kier molecular flexibility index (Phi) is 4.32. The van der Waals surface area contributed by atoms with Crippen molar-refractivity contribution < 1.29 is 26.7 Å². The summed E-state index contributed by atoms with van der Waals surface area (Å²) in [4.78, 5) is -0.165. The maximum absolute atomic E-state index is 12.5. The molecule has 1 N–H and O–H groups in total. The van der Waals surface area contributed by atoms with Crippen molar-refractivity contribution in [2.75, 3.05) is 19.7 Å². The second kappa shape index (κ2) is 5.58. The zero-order valence-electron chi connectivity index (χ0n) is 11.3. The smallest absolute Gasteiger partial charge is 0.396 e. The molecule has 1 saturated heterocycles. The van der Waals surface area contributed by atoms with Crippen molar-refractivity contribution in [2.45, 2.75) is 18.0 Å². The monoisotopic (exact) mass is 323 g/mol. The van der Waals surface area contributed by atoms with E-state index in [1.54, 1.807) is 0 Å². The van der Waals surface area contributed by atoms with Gasteiger partial charge in [-0.05, 0) is 36.1 Å². The highest BCUT2D eigenvalue weighted by Gasteiger charge is 2.37. The lowest BCUT2D eigenvalue weighted by atomic mass is 10.00. The van der Waals surface area contributed by atoms with Crippen LogP contribution in [0.25, 0.3) is 0 Å². The lowest BCUT2D eigenvalue weighted by molar-refractivity contribution is -0.137. The second-order valence-electron chi connectivity index (χ2n) is 5.26. The van der Waals surface area contributed by atoms with Crippen molar-refractivity contribution in [3.05, 3.63) is 29.8 Å². The Labute approximate surface area is 121 Å². The van der Waals surface area contributed by atoms with Crippen LogP contribution in [-0.2, 0) is 16.2 Å². The molecule has 2 atom stereocenters. The minimum absolute atomic E-state index is 0.0132. The average Bonchev–Trinajstić information content (AvgIpc) is 2.80. The predicted octanol–water partition coefficient (Wildman–Crippen LogP) is 1.95. The van der Waals surface area contributed by atoms with Crippen LogP contribution >= 0.6 is 0 Å². The molecule has 21 heavy (non-hydrogen) atoms. The summed E-state index contributed by atoms with van der Waals surface area (Å²) in [5, 5.41) is 9.17. The van der Waals surface area contributed by atoms with E-state index in [1.807, 2.05) is 6.92 Å². The van der Waals surface area contributed by atoms with E-state index in [1.165, 1.54) is 4.31 Å². The van der Waals surface area contributed by atoms with E-state index in [9.17, 15) is 21.6 Å². The van der Waals surface area contributed by atoms with E-state index in [0.717, 1.165) is 24.3 Å². The standard InChI is InChI=1S/C13H16F3NO3S/c1-9-6-17(7-10(9)8-18)21(19,20)12-4-2-11(3-5-12)13(14,15)16/h2-5,9-10,18H,6-8H2,1H3/t9-,10+/m1/s1.